The van der Waals surface area contributed by atoms with E-state index in [0.717, 1.165) is 54.1 Å². The predicted octanol–water partition coefficient (Wildman–Crippen LogP) is 5.10. The Morgan fingerprint density at radius 3 is 2.72 bits per heavy atom. The summed E-state index contributed by atoms with van der Waals surface area (Å²) in [6.45, 7) is 12.9. The number of amides is 1. The third-order valence-corrected chi connectivity index (χ3v) is 7.22. The highest BCUT2D eigenvalue weighted by molar-refractivity contribution is 6.34. The molecule has 0 saturated carbocycles. The predicted molar refractivity (Wildman–Crippen MR) is 136 cm³/mol. The molecule has 0 spiro atoms. The molecule has 3 aromatic rings. The molecule has 0 N–H and O–H groups in total. The van der Waals surface area contributed by atoms with Crippen molar-refractivity contribution < 1.29 is 19.0 Å². The first kappa shape index (κ1) is 24.9. The minimum absolute atomic E-state index is 0.0117. The van der Waals surface area contributed by atoms with E-state index < -0.39 is 5.60 Å². The van der Waals surface area contributed by atoms with Crippen molar-refractivity contribution >= 4 is 23.2 Å². The normalized spacial score (nSPS) is 17.8. The molecule has 0 radical (unpaired) electrons. The lowest BCUT2D eigenvalue weighted by molar-refractivity contribution is 0.0194. The lowest BCUT2D eigenvalue weighted by Crippen LogP contribution is -2.41. The van der Waals surface area contributed by atoms with Gasteiger partial charge in [0.15, 0.2) is 0 Å². The van der Waals surface area contributed by atoms with Crippen LogP contribution in [0.4, 0.5) is 4.79 Å². The van der Waals surface area contributed by atoms with E-state index in [9.17, 15) is 4.79 Å². The van der Waals surface area contributed by atoms with E-state index in [1.54, 1.807) is 15.6 Å². The Kier molecular flexibility index (Phi) is 6.63. The Morgan fingerprint density at radius 2 is 2.00 bits per heavy atom. The molecule has 5 heterocycles. The van der Waals surface area contributed by atoms with Crippen LogP contribution in [0.2, 0.25) is 5.02 Å². The van der Waals surface area contributed by atoms with Gasteiger partial charge in [-0.15, -0.1) is 0 Å². The maximum Gasteiger partial charge on any atom is 0.410 e. The highest BCUT2D eigenvalue weighted by atomic mass is 35.5. The molecule has 0 bridgehead atoms. The van der Waals surface area contributed by atoms with Crippen LogP contribution in [0.15, 0.2) is 18.5 Å². The van der Waals surface area contributed by atoms with Crippen molar-refractivity contribution in [2.75, 3.05) is 19.8 Å². The van der Waals surface area contributed by atoms with Gasteiger partial charge in [0, 0.05) is 37.1 Å². The quantitative estimate of drug-likeness (QED) is 0.480. The Hall–Kier alpha value is -2.78. The average molecular weight is 516 g/mol. The first-order valence-corrected chi connectivity index (χ1v) is 12.9. The molecule has 10 heteroatoms. The van der Waals surface area contributed by atoms with Gasteiger partial charge in [0.2, 0.25) is 0 Å². The van der Waals surface area contributed by atoms with E-state index >= 15 is 0 Å². The molecule has 1 fully saturated rings. The lowest BCUT2D eigenvalue weighted by atomic mass is 9.95. The summed E-state index contributed by atoms with van der Waals surface area (Å²) in [5, 5.41) is 9.90. The standard InChI is InChI=1S/C26H34ClN5O4/c1-16-21-15-30(25(33)36-26(3,4)5)8-9-31(21)29-23(16)19-12-22(24-20(27)13-28-32(24)14-19)35-17(2)18-6-10-34-11-7-18/h12-14,17-18H,6-11,15H2,1-5H3/t17-/m1/s1. The number of hydrogen-bond acceptors (Lipinski definition) is 6. The number of halogens is 1. The number of aromatic nitrogens is 4. The van der Waals surface area contributed by atoms with E-state index in [4.69, 9.17) is 30.9 Å². The summed E-state index contributed by atoms with van der Waals surface area (Å²) in [6, 6.07) is 2.01. The molecule has 5 rings (SSSR count). The zero-order chi connectivity index (χ0) is 25.6. The van der Waals surface area contributed by atoms with Gasteiger partial charge in [0.1, 0.15) is 16.9 Å². The zero-order valence-corrected chi connectivity index (χ0v) is 22.3. The van der Waals surface area contributed by atoms with Crippen molar-refractivity contribution in [1.29, 1.82) is 0 Å². The van der Waals surface area contributed by atoms with Crippen molar-refractivity contribution in [2.24, 2.45) is 5.92 Å². The molecular weight excluding hydrogens is 482 g/mol. The third-order valence-electron chi connectivity index (χ3n) is 6.94. The number of rotatable bonds is 4. The molecule has 0 unspecified atom stereocenters. The first-order chi connectivity index (χ1) is 17.1. The summed E-state index contributed by atoms with van der Waals surface area (Å²) in [4.78, 5) is 14.4. The second kappa shape index (κ2) is 9.59. The Balaban J connectivity index is 1.46. The van der Waals surface area contributed by atoms with Crippen LogP contribution in [0, 0.1) is 12.8 Å². The van der Waals surface area contributed by atoms with Gasteiger partial charge in [-0.2, -0.15) is 10.2 Å². The maximum atomic E-state index is 12.7. The molecule has 2 aliphatic heterocycles. The number of fused-ring (bicyclic) bond motifs is 2. The van der Waals surface area contributed by atoms with Gasteiger partial charge in [-0.3, -0.25) is 4.68 Å². The van der Waals surface area contributed by atoms with Crippen LogP contribution in [0.5, 0.6) is 5.75 Å². The number of pyridine rings is 1. The van der Waals surface area contributed by atoms with Crippen LogP contribution < -0.4 is 4.74 Å². The topological polar surface area (TPSA) is 83.1 Å². The van der Waals surface area contributed by atoms with E-state index in [-0.39, 0.29) is 12.2 Å². The molecule has 1 atom stereocenters. The summed E-state index contributed by atoms with van der Waals surface area (Å²) < 4.78 is 21.3. The second-order valence-corrected chi connectivity index (χ2v) is 11.1. The highest BCUT2D eigenvalue weighted by Crippen LogP contribution is 2.36. The molecule has 36 heavy (non-hydrogen) atoms. The first-order valence-electron chi connectivity index (χ1n) is 12.6. The largest absolute Gasteiger partial charge is 0.488 e. The van der Waals surface area contributed by atoms with E-state index in [2.05, 4.69) is 12.0 Å². The van der Waals surface area contributed by atoms with Crippen LogP contribution in [0.1, 0.15) is 51.8 Å². The van der Waals surface area contributed by atoms with Crippen molar-refractivity contribution in [3.63, 3.8) is 0 Å². The van der Waals surface area contributed by atoms with Crippen LogP contribution in [-0.2, 0) is 22.6 Å². The summed E-state index contributed by atoms with van der Waals surface area (Å²) in [5.41, 5.74) is 3.96. The fourth-order valence-electron chi connectivity index (χ4n) is 4.95. The molecule has 1 amide bonds. The molecular formula is C26H34ClN5O4. The summed E-state index contributed by atoms with van der Waals surface area (Å²) in [5.74, 6) is 1.11. The SMILES string of the molecule is Cc1c(-c2cc(O[C@H](C)C3CCOCC3)c3c(Cl)cnn3c2)nn2c1CN(C(=O)OC(C)(C)C)CC2. The van der Waals surface area contributed by atoms with Crippen LogP contribution in [0.25, 0.3) is 16.8 Å². The van der Waals surface area contributed by atoms with Gasteiger partial charge in [0.25, 0.3) is 0 Å². The monoisotopic (exact) mass is 515 g/mol. The van der Waals surface area contributed by atoms with E-state index in [0.29, 0.717) is 36.3 Å². The van der Waals surface area contributed by atoms with Gasteiger partial charge >= 0.3 is 6.09 Å². The number of nitrogens with zero attached hydrogens (tertiary/aromatic N) is 5. The number of carbonyl (C=O) groups is 1. The maximum absolute atomic E-state index is 12.7. The Labute approximate surface area is 216 Å². The molecule has 9 nitrogen and oxygen atoms in total. The van der Waals surface area contributed by atoms with Gasteiger partial charge in [0.05, 0.1) is 41.8 Å². The van der Waals surface area contributed by atoms with E-state index in [1.165, 1.54) is 0 Å². The highest BCUT2D eigenvalue weighted by Gasteiger charge is 2.29. The lowest BCUT2D eigenvalue weighted by Gasteiger charge is -2.30. The summed E-state index contributed by atoms with van der Waals surface area (Å²) >= 11 is 6.50. The van der Waals surface area contributed by atoms with Crippen LogP contribution in [0.3, 0.4) is 0 Å². The molecule has 0 aliphatic carbocycles. The van der Waals surface area contributed by atoms with Crippen LogP contribution >= 0.6 is 11.6 Å². The zero-order valence-electron chi connectivity index (χ0n) is 21.6. The summed E-state index contributed by atoms with van der Waals surface area (Å²) in [7, 11) is 0. The molecule has 0 aromatic carbocycles. The van der Waals surface area contributed by atoms with Gasteiger partial charge in [-0.05, 0) is 59.4 Å². The fourth-order valence-corrected chi connectivity index (χ4v) is 5.18. The Bertz CT molecular complexity index is 1270. The Morgan fingerprint density at radius 1 is 1.25 bits per heavy atom. The second-order valence-electron chi connectivity index (χ2n) is 10.7. The average Bonchev–Trinajstić information content (AvgIpc) is 3.38. The van der Waals surface area contributed by atoms with Crippen molar-refractivity contribution in [3.8, 4) is 17.0 Å². The molecule has 3 aromatic heterocycles. The van der Waals surface area contributed by atoms with Gasteiger partial charge < -0.3 is 19.1 Å². The number of ether oxygens (including phenoxy) is 3. The van der Waals surface area contributed by atoms with Crippen molar-refractivity contribution in [1.82, 2.24) is 24.3 Å². The van der Waals surface area contributed by atoms with Crippen molar-refractivity contribution in [2.45, 2.75) is 72.3 Å². The fraction of sp³-hybridized carbons (Fsp3) is 0.577. The smallest absolute Gasteiger partial charge is 0.410 e. The van der Waals surface area contributed by atoms with Gasteiger partial charge in [-0.1, -0.05) is 11.6 Å². The van der Waals surface area contributed by atoms with E-state index in [1.807, 2.05) is 44.6 Å². The minimum atomic E-state index is -0.534. The van der Waals surface area contributed by atoms with Crippen LogP contribution in [-0.4, -0.2) is 61.9 Å². The third kappa shape index (κ3) is 4.91. The van der Waals surface area contributed by atoms with Crippen molar-refractivity contribution in [3.05, 3.63) is 34.7 Å². The molecule has 2 aliphatic rings. The molecule has 194 valence electrons. The number of hydrogen-bond donors (Lipinski definition) is 0. The minimum Gasteiger partial charge on any atom is -0.488 e. The number of carbonyl (C=O) groups excluding carboxylic acids is 1. The molecule has 1 saturated heterocycles. The van der Waals surface area contributed by atoms with Gasteiger partial charge in [-0.25, -0.2) is 9.31 Å². The summed E-state index contributed by atoms with van der Waals surface area (Å²) in [6.07, 6.45) is 5.23.